The highest BCUT2D eigenvalue weighted by Gasteiger charge is 2.32. The first-order valence-electron chi connectivity index (χ1n) is 8.67. The number of hydrogen-bond acceptors (Lipinski definition) is 3. The molecule has 5 heteroatoms. The minimum absolute atomic E-state index is 0.0464. The fourth-order valence-corrected chi connectivity index (χ4v) is 3.78. The first-order valence-corrected chi connectivity index (χ1v) is 8.67. The van der Waals surface area contributed by atoms with Crippen LogP contribution in [0.3, 0.4) is 0 Å². The van der Waals surface area contributed by atoms with Crippen LogP contribution in [0.25, 0.3) is 0 Å². The van der Waals surface area contributed by atoms with Gasteiger partial charge in [-0.05, 0) is 31.9 Å². The number of aryl methyl sites for hydroxylation is 1. The number of fused-ring (bicyclic) bond motifs is 1. The Morgan fingerprint density at radius 3 is 2.56 bits per heavy atom. The molecule has 2 heterocycles. The molecule has 2 aromatic rings. The van der Waals surface area contributed by atoms with Gasteiger partial charge in [0.15, 0.2) is 6.04 Å². The van der Waals surface area contributed by atoms with Crippen LogP contribution in [0.5, 0.6) is 0 Å². The van der Waals surface area contributed by atoms with Gasteiger partial charge < -0.3 is 14.6 Å². The number of rotatable bonds is 4. The number of hydrogen-bond donors (Lipinski definition) is 2. The van der Waals surface area contributed by atoms with Gasteiger partial charge in [-0.25, -0.2) is 4.79 Å². The molecule has 1 aromatic carbocycles. The van der Waals surface area contributed by atoms with E-state index in [4.69, 9.17) is 4.74 Å². The average Bonchev–Trinajstić information content (AvgIpc) is 2.93. The van der Waals surface area contributed by atoms with Crippen LogP contribution in [-0.2, 0) is 17.7 Å². The Hall–Kier alpha value is -2.40. The monoisotopic (exact) mass is 341 g/mol. The molecule has 0 radical (unpaired) electrons. The second-order valence-electron chi connectivity index (χ2n) is 6.81. The zero-order chi connectivity index (χ0) is 18.1. The lowest BCUT2D eigenvalue weighted by atomic mass is 9.97. The first-order chi connectivity index (χ1) is 11.9. The molecule has 1 aliphatic rings. The van der Waals surface area contributed by atoms with Gasteiger partial charge in [0.1, 0.15) is 6.54 Å². The fourth-order valence-electron chi connectivity index (χ4n) is 3.78. The average molecular weight is 341 g/mol. The Labute approximate surface area is 148 Å². The van der Waals surface area contributed by atoms with Crippen LogP contribution in [0.4, 0.5) is 0 Å². The predicted octanol–water partition coefficient (Wildman–Crippen LogP) is 1.63. The lowest BCUT2D eigenvalue weighted by Crippen LogP contribution is -3.16. The molecule has 25 heavy (non-hydrogen) atoms. The van der Waals surface area contributed by atoms with E-state index in [0.29, 0.717) is 22.5 Å². The number of ether oxygens (including phenoxy) is 1. The third-order valence-electron chi connectivity index (χ3n) is 5.33. The largest absolute Gasteiger partial charge is 0.465 e. The van der Waals surface area contributed by atoms with Crippen LogP contribution < -0.4 is 4.90 Å². The number of carbonyl (C=O) groups excluding carboxylic acids is 2. The Kier molecular flexibility index (Phi) is 4.77. The molecule has 0 fully saturated rings. The molecule has 132 valence electrons. The van der Waals surface area contributed by atoms with E-state index >= 15 is 0 Å². The summed E-state index contributed by atoms with van der Waals surface area (Å²) in [4.78, 5) is 29.4. The van der Waals surface area contributed by atoms with Crippen molar-refractivity contribution in [2.75, 3.05) is 13.7 Å². The van der Waals surface area contributed by atoms with E-state index in [2.05, 4.69) is 29.2 Å². The van der Waals surface area contributed by atoms with Gasteiger partial charge in [-0.15, -0.1) is 0 Å². The minimum Gasteiger partial charge on any atom is -0.465 e. The molecule has 0 aliphatic carbocycles. The third-order valence-corrected chi connectivity index (χ3v) is 5.33. The van der Waals surface area contributed by atoms with Crippen LogP contribution in [0.15, 0.2) is 24.3 Å². The van der Waals surface area contributed by atoms with Gasteiger partial charge in [-0.3, -0.25) is 4.79 Å². The molecule has 0 saturated carbocycles. The molecule has 0 amide bonds. The van der Waals surface area contributed by atoms with Gasteiger partial charge in [0.2, 0.25) is 5.78 Å². The highest BCUT2D eigenvalue weighted by Crippen LogP contribution is 2.20. The third kappa shape index (κ3) is 3.12. The van der Waals surface area contributed by atoms with Crippen LogP contribution in [0.2, 0.25) is 0 Å². The molecule has 2 N–H and O–H groups in total. The summed E-state index contributed by atoms with van der Waals surface area (Å²) in [6, 6.07) is 8.26. The van der Waals surface area contributed by atoms with Crippen molar-refractivity contribution >= 4 is 11.8 Å². The van der Waals surface area contributed by atoms with Crippen molar-refractivity contribution in [1.29, 1.82) is 0 Å². The quantitative estimate of drug-likeness (QED) is 0.656. The molecule has 1 aliphatic heterocycles. The Morgan fingerprint density at radius 1 is 1.20 bits per heavy atom. The summed E-state index contributed by atoms with van der Waals surface area (Å²) in [5, 5.41) is 0. The number of quaternary nitrogens is 1. The van der Waals surface area contributed by atoms with E-state index in [9.17, 15) is 9.59 Å². The predicted molar refractivity (Wildman–Crippen MR) is 95.1 cm³/mol. The number of H-pyrrole nitrogens is 1. The molecule has 0 saturated heterocycles. The normalized spacial score (nSPS) is 17.7. The second kappa shape index (κ2) is 6.84. The zero-order valence-electron chi connectivity index (χ0n) is 15.2. The number of benzene rings is 1. The molecule has 5 nitrogen and oxygen atoms in total. The number of aromatic amines is 1. The van der Waals surface area contributed by atoms with Gasteiger partial charge in [0.25, 0.3) is 0 Å². The van der Waals surface area contributed by atoms with Gasteiger partial charge in [0, 0.05) is 17.7 Å². The molecule has 0 spiro atoms. The Bertz CT molecular complexity index is 822. The maximum Gasteiger partial charge on any atom is 0.339 e. The van der Waals surface area contributed by atoms with Gasteiger partial charge >= 0.3 is 5.97 Å². The van der Waals surface area contributed by atoms with Crippen LogP contribution in [0.1, 0.15) is 50.2 Å². The maximum atomic E-state index is 13.0. The summed E-state index contributed by atoms with van der Waals surface area (Å²) in [5.74, 6) is -0.359. The molecule has 0 bridgehead atoms. The smallest absolute Gasteiger partial charge is 0.339 e. The fraction of sp³-hybridized carbons (Fsp3) is 0.400. The summed E-state index contributed by atoms with van der Waals surface area (Å²) < 4.78 is 4.83. The summed E-state index contributed by atoms with van der Waals surface area (Å²) in [5.41, 5.74) is 5.05. The topological polar surface area (TPSA) is 63.6 Å². The highest BCUT2D eigenvalue weighted by atomic mass is 16.5. The Morgan fingerprint density at radius 2 is 1.88 bits per heavy atom. The maximum absolute atomic E-state index is 13.0. The SMILES string of the molecule is COC(=O)c1c(C)[nH]c(C(=O)[C@H](C)[NH+]2CCc3ccccc3C2)c1C. The molecule has 2 atom stereocenters. The van der Waals surface area contributed by atoms with Crippen molar-refractivity contribution in [2.24, 2.45) is 0 Å². The molecular weight excluding hydrogens is 316 g/mol. The van der Waals surface area contributed by atoms with Crippen LogP contribution in [0, 0.1) is 13.8 Å². The molecule has 1 aromatic heterocycles. The number of methoxy groups -OCH3 is 1. The zero-order valence-corrected chi connectivity index (χ0v) is 15.2. The lowest BCUT2D eigenvalue weighted by Gasteiger charge is -2.30. The van der Waals surface area contributed by atoms with Crippen LogP contribution >= 0.6 is 0 Å². The lowest BCUT2D eigenvalue weighted by molar-refractivity contribution is -0.929. The molecule has 1 unspecified atom stereocenters. The van der Waals surface area contributed by atoms with Crippen molar-refractivity contribution in [3.8, 4) is 0 Å². The number of nitrogens with one attached hydrogen (secondary N) is 2. The van der Waals surface area contributed by atoms with E-state index < -0.39 is 5.97 Å². The number of Topliss-reactive ketones (excluding diaryl/α,β-unsaturated/α-hetero) is 1. The Balaban J connectivity index is 1.83. The van der Waals surface area contributed by atoms with E-state index in [1.165, 1.54) is 23.1 Å². The van der Waals surface area contributed by atoms with Crippen molar-refractivity contribution in [1.82, 2.24) is 4.98 Å². The number of ketones is 1. The number of carbonyl (C=O) groups is 2. The van der Waals surface area contributed by atoms with E-state index in [1.807, 2.05) is 6.92 Å². The number of esters is 1. The highest BCUT2D eigenvalue weighted by molar-refractivity contribution is 6.03. The van der Waals surface area contributed by atoms with Crippen molar-refractivity contribution < 1.29 is 19.2 Å². The summed E-state index contributed by atoms with van der Waals surface area (Å²) in [6.07, 6.45) is 0.985. The second-order valence-corrected chi connectivity index (χ2v) is 6.81. The molecule has 3 rings (SSSR count). The van der Waals surface area contributed by atoms with E-state index in [0.717, 1.165) is 19.5 Å². The van der Waals surface area contributed by atoms with Crippen molar-refractivity contribution in [2.45, 2.75) is 39.8 Å². The summed E-state index contributed by atoms with van der Waals surface area (Å²) in [7, 11) is 1.35. The van der Waals surface area contributed by atoms with Crippen molar-refractivity contribution in [3.63, 3.8) is 0 Å². The summed E-state index contributed by atoms with van der Waals surface area (Å²) >= 11 is 0. The minimum atomic E-state index is -0.405. The van der Waals surface area contributed by atoms with Gasteiger partial charge in [0.05, 0.1) is 24.9 Å². The standard InChI is InChI=1S/C20H24N2O3/c1-12-17(20(24)25-4)13(2)21-18(12)19(23)14(3)22-10-9-15-7-5-6-8-16(15)11-22/h5-8,14,21H,9-11H2,1-4H3/p+1/t14-/m0/s1. The van der Waals surface area contributed by atoms with E-state index in [1.54, 1.807) is 13.8 Å². The summed E-state index contributed by atoms with van der Waals surface area (Å²) in [6.45, 7) is 7.36. The van der Waals surface area contributed by atoms with Gasteiger partial charge in [-0.2, -0.15) is 0 Å². The first kappa shape index (κ1) is 17.4. The number of aromatic nitrogens is 1. The van der Waals surface area contributed by atoms with Crippen molar-refractivity contribution in [3.05, 3.63) is 57.9 Å². The molecular formula is C20H25N2O3+. The van der Waals surface area contributed by atoms with E-state index in [-0.39, 0.29) is 11.8 Å². The van der Waals surface area contributed by atoms with Gasteiger partial charge in [-0.1, -0.05) is 24.3 Å². The van der Waals surface area contributed by atoms with Crippen LogP contribution in [-0.4, -0.2) is 36.4 Å².